The van der Waals surface area contributed by atoms with Gasteiger partial charge in [0.2, 0.25) is 0 Å². The van der Waals surface area contributed by atoms with Crippen molar-refractivity contribution >= 4 is 23.5 Å². The molecule has 1 aromatic rings. The highest BCUT2D eigenvalue weighted by molar-refractivity contribution is 6.29. The first-order valence-electron chi connectivity index (χ1n) is 6.17. The molecular weight excluding hydrogens is 280 g/mol. The SMILES string of the molecule is CC(C)(NC(=O)c1cc(Cl)nc(C(C)(C)C)c1)C(=O)O. The van der Waals surface area contributed by atoms with Crippen molar-refractivity contribution in [1.82, 2.24) is 10.3 Å². The molecule has 0 aromatic carbocycles. The number of carbonyl (C=O) groups is 2. The van der Waals surface area contributed by atoms with Crippen LogP contribution < -0.4 is 5.32 Å². The van der Waals surface area contributed by atoms with Crippen LogP contribution in [0.2, 0.25) is 5.15 Å². The van der Waals surface area contributed by atoms with Crippen LogP contribution in [-0.4, -0.2) is 27.5 Å². The highest BCUT2D eigenvalue weighted by Gasteiger charge is 2.30. The van der Waals surface area contributed by atoms with Crippen LogP contribution in [0.4, 0.5) is 0 Å². The monoisotopic (exact) mass is 298 g/mol. The average molecular weight is 299 g/mol. The quantitative estimate of drug-likeness (QED) is 0.841. The lowest BCUT2D eigenvalue weighted by molar-refractivity contribution is -0.143. The highest BCUT2D eigenvalue weighted by atomic mass is 35.5. The van der Waals surface area contributed by atoms with Crippen LogP contribution in [-0.2, 0) is 10.2 Å². The Balaban J connectivity index is 3.12. The maximum absolute atomic E-state index is 12.1. The second-order valence-corrected chi connectivity index (χ2v) is 6.59. The Morgan fingerprint density at radius 2 is 1.75 bits per heavy atom. The Kier molecular flexibility index (Phi) is 4.44. The molecule has 0 fully saturated rings. The molecule has 110 valence electrons. The van der Waals surface area contributed by atoms with Gasteiger partial charge in [0.25, 0.3) is 5.91 Å². The van der Waals surface area contributed by atoms with Crippen LogP contribution >= 0.6 is 11.6 Å². The summed E-state index contributed by atoms with van der Waals surface area (Å²) in [6, 6.07) is 3.04. The number of aliphatic carboxylic acids is 1. The van der Waals surface area contributed by atoms with Gasteiger partial charge >= 0.3 is 5.97 Å². The van der Waals surface area contributed by atoms with E-state index < -0.39 is 17.4 Å². The van der Waals surface area contributed by atoms with Gasteiger partial charge in [-0.15, -0.1) is 0 Å². The molecule has 0 aliphatic carbocycles. The number of carboxylic acids is 1. The van der Waals surface area contributed by atoms with E-state index in [9.17, 15) is 9.59 Å². The fraction of sp³-hybridized carbons (Fsp3) is 0.500. The number of hydrogen-bond donors (Lipinski definition) is 2. The maximum atomic E-state index is 12.1. The minimum absolute atomic E-state index is 0.204. The molecule has 20 heavy (non-hydrogen) atoms. The van der Waals surface area contributed by atoms with Crippen molar-refractivity contribution in [3.8, 4) is 0 Å². The number of pyridine rings is 1. The van der Waals surface area contributed by atoms with Crippen LogP contribution in [0.3, 0.4) is 0 Å². The average Bonchev–Trinajstić information content (AvgIpc) is 2.26. The van der Waals surface area contributed by atoms with Crippen molar-refractivity contribution in [1.29, 1.82) is 0 Å². The minimum atomic E-state index is -1.35. The van der Waals surface area contributed by atoms with Gasteiger partial charge in [0.05, 0.1) is 0 Å². The largest absolute Gasteiger partial charge is 0.480 e. The first-order chi connectivity index (χ1) is 8.93. The molecule has 0 aliphatic heterocycles. The van der Waals surface area contributed by atoms with Crippen molar-refractivity contribution in [2.45, 2.75) is 45.6 Å². The number of nitrogens with zero attached hydrogens (tertiary/aromatic N) is 1. The number of rotatable bonds is 3. The molecule has 1 aromatic heterocycles. The number of carboxylic acid groups (broad SMARTS) is 1. The number of carbonyl (C=O) groups excluding carboxylic acids is 1. The van der Waals surface area contributed by atoms with E-state index >= 15 is 0 Å². The Bertz CT molecular complexity index is 548. The third-order valence-corrected chi connectivity index (χ3v) is 2.98. The van der Waals surface area contributed by atoms with Crippen molar-refractivity contribution in [2.75, 3.05) is 0 Å². The summed E-state index contributed by atoms with van der Waals surface area (Å²) in [7, 11) is 0. The molecule has 5 nitrogen and oxygen atoms in total. The van der Waals surface area contributed by atoms with E-state index in [2.05, 4.69) is 10.3 Å². The molecule has 0 radical (unpaired) electrons. The summed E-state index contributed by atoms with van der Waals surface area (Å²) in [6.45, 7) is 8.69. The number of halogens is 1. The summed E-state index contributed by atoms with van der Waals surface area (Å²) in [5, 5.41) is 11.7. The summed E-state index contributed by atoms with van der Waals surface area (Å²) in [6.07, 6.45) is 0. The lowest BCUT2D eigenvalue weighted by atomic mass is 9.90. The summed E-state index contributed by atoms with van der Waals surface area (Å²) >= 11 is 5.93. The van der Waals surface area contributed by atoms with Gasteiger partial charge < -0.3 is 10.4 Å². The van der Waals surface area contributed by atoms with Crippen LogP contribution in [0, 0.1) is 0 Å². The fourth-order valence-corrected chi connectivity index (χ4v) is 1.63. The molecule has 0 aliphatic rings. The summed E-state index contributed by atoms with van der Waals surface area (Å²) in [5.41, 5.74) is -0.649. The predicted octanol–water partition coefficient (Wildman–Crippen LogP) is 2.63. The third kappa shape index (κ3) is 3.93. The lowest BCUT2D eigenvalue weighted by Crippen LogP contribution is -2.49. The van der Waals surface area contributed by atoms with Gasteiger partial charge in [0.1, 0.15) is 10.7 Å². The topological polar surface area (TPSA) is 79.3 Å². The van der Waals surface area contributed by atoms with Gasteiger partial charge in [-0.1, -0.05) is 32.4 Å². The molecule has 0 bridgehead atoms. The minimum Gasteiger partial charge on any atom is -0.480 e. The molecule has 0 unspecified atom stereocenters. The van der Waals surface area contributed by atoms with E-state index in [1.165, 1.54) is 19.9 Å². The van der Waals surface area contributed by atoms with Crippen LogP contribution in [0.1, 0.15) is 50.7 Å². The molecule has 0 atom stereocenters. The normalized spacial score (nSPS) is 12.1. The van der Waals surface area contributed by atoms with Crippen molar-refractivity contribution in [3.05, 3.63) is 28.5 Å². The first kappa shape index (κ1) is 16.4. The Morgan fingerprint density at radius 3 is 2.20 bits per heavy atom. The zero-order valence-electron chi connectivity index (χ0n) is 12.2. The molecule has 0 saturated heterocycles. The van der Waals surface area contributed by atoms with Crippen LogP contribution in [0.15, 0.2) is 12.1 Å². The first-order valence-corrected chi connectivity index (χ1v) is 6.55. The molecule has 0 spiro atoms. The lowest BCUT2D eigenvalue weighted by Gasteiger charge is -2.22. The highest BCUT2D eigenvalue weighted by Crippen LogP contribution is 2.23. The zero-order chi connectivity index (χ0) is 15.7. The van der Waals surface area contributed by atoms with Crippen LogP contribution in [0.25, 0.3) is 0 Å². The van der Waals surface area contributed by atoms with Crippen molar-refractivity contribution in [3.63, 3.8) is 0 Å². The van der Waals surface area contributed by atoms with E-state index in [4.69, 9.17) is 16.7 Å². The van der Waals surface area contributed by atoms with Crippen molar-refractivity contribution in [2.24, 2.45) is 0 Å². The molecule has 6 heteroatoms. The van der Waals surface area contributed by atoms with Gasteiger partial charge in [0, 0.05) is 16.7 Å². The maximum Gasteiger partial charge on any atom is 0.328 e. The third-order valence-electron chi connectivity index (χ3n) is 2.79. The van der Waals surface area contributed by atoms with Gasteiger partial charge in [-0.3, -0.25) is 4.79 Å². The molecular formula is C14H19ClN2O3. The predicted molar refractivity (Wildman–Crippen MR) is 77.1 cm³/mol. The Hall–Kier alpha value is -1.62. The second-order valence-electron chi connectivity index (χ2n) is 6.20. The molecule has 2 N–H and O–H groups in total. The van der Waals surface area contributed by atoms with Gasteiger partial charge in [0.15, 0.2) is 0 Å². The number of nitrogens with one attached hydrogen (secondary N) is 1. The van der Waals surface area contributed by atoms with E-state index in [1.54, 1.807) is 6.07 Å². The van der Waals surface area contributed by atoms with E-state index in [0.717, 1.165) is 0 Å². The van der Waals surface area contributed by atoms with Crippen LogP contribution in [0.5, 0.6) is 0 Å². The van der Waals surface area contributed by atoms with Gasteiger partial charge in [-0.05, 0) is 26.0 Å². The summed E-state index contributed by atoms with van der Waals surface area (Å²) < 4.78 is 0. The molecule has 1 amide bonds. The second kappa shape index (κ2) is 5.40. The summed E-state index contributed by atoms with van der Waals surface area (Å²) in [4.78, 5) is 27.4. The molecule has 1 rings (SSSR count). The molecule has 1 heterocycles. The standard InChI is InChI=1S/C14H19ClN2O3/c1-13(2,3)9-6-8(7-10(15)16-9)11(18)17-14(4,5)12(19)20/h6-7H,1-5H3,(H,17,18)(H,19,20). The van der Waals surface area contributed by atoms with Gasteiger partial charge in [-0.25, -0.2) is 9.78 Å². The van der Waals surface area contributed by atoms with Gasteiger partial charge in [-0.2, -0.15) is 0 Å². The fourth-order valence-electron chi connectivity index (χ4n) is 1.42. The molecule has 0 saturated carbocycles. The van der Waals surface area contributed by atoms with E-state index in [-0.39, 0.29) is 10.6 Å². The van der Waals surface area contributed by atoms with E-state index in [1.807, 2.05) is 20.8 Å². The zero-order valence-corrected chi connectivity index (χ0v) is 13.0. The number of hydrogen-bond acceptors (Lipinski definition) is 3. The van der Waals surface area contributed by atoms with Crippen molar-refractivity contribution < 1.29 is 14.7 Å². The Morgan fingerprint density at radius 1 is 1.20 bits per heavy atom. The van der Waals surface area contributed by atoms with E-state index in [0.29, 0.717) is 11.3 Å². The summed E-state index contributed by atoms with van der Waals surface area (Å²) in [5.74, 6) is -1.60. The Labute approximate surface area is 123 Å². The number of aromatic nitrogens is 1. The smallest absolute Gasteiger partial charge is 0.328 e. The number of amides is 1.